The van der Waals surface area contributed by atoms with Crippen molar-refractivity contribution in [3.8, 4) is 11.3 Å². The monoisotopic (exact) mass is 318 g/mol. The summed E-state index contributed by atoms with van der Waals surface area (Å²) >= 11 is 3.51. The topological polar surface area (TPSA) is 41.1 Å². The molecule has 1 aliphatic heterocycles. The van der Waals surface area contributed by atoms with Gasteiger partial charge in [0.05, 0.1) is 17.6 Å². The first-order chi connectivity index (χ1) is 9.34. The normalized spacial score (nSPS) is 15.5. The molecule has 0 spiro atoms. The second-order valence-corrected chi connectivity index (χ2v) is 5.42. The lowest BCUT2D eigenvalue weighted by Gasteiger charge is -2.30. The third kappa shape index (κ3) is 2.77. The molecular formula is C14H15BrN4. The molecule has 2 heterocycles. The van der Waals surface area contributed by atoms with E-state index in [1.54, 1.807) is 6.33 Å². The van der Waals surface area contributed by atoms with Crippen molar-refractivity contribution in [3.63, 3.8) is 0 Å². The molecular weight excluding hydrogens is 304 g/mol. The van der Waals surface area contributed by atoms with Crippen molar-refractivity contribution >= 4 is 21.6 Å². The molecule has 1 saturated heterocycles. The summed E-state index contributed by atoms with van der Waals surface area (Å²) in [5.41, 5.74) is 3.23. The van der Waals surface area contributed by atoms with Gasteiger partial charge in [0.2, 0.25) is 0 Å². The van der Waals surface area contributed by atoms with E-state index in [2.05, 4.69) is 48.2 Å². The Morgan fingerprint density at radius 2 is 2.05 bits per heavy atom. The SMILES string of the molecule is Brc1cccc(-c2ncncc2N2CCNCC2)c1. The van der Waals surface area contributed by atoms with Crippen LogP contribution in [0.1, 0.15) is 0 Å². The molecule has 0 bridgehead atoms. The van der Waals surface area contributed by atoms with E-state index in [4.69, 9.17) is 0 Å². The van der Waals surface area contributed by atoms with Crippen molar-refractivity contribution in [3.05, 3.63) is 41.3 Å². The summed E-state index contributed by atoms with van der Waals surface area (Å²) in [4.78, 5) is 11.0. The van der Waals surface area contributed by atoms with Crippen LogP contribution in [0.3, 0.4) is 0 Å². The summed E-state index contributed by atoms with van der Waals surface area (Å²) in [6.45, 7) is 4.00. The van der Waals surface area contributed by atoms with Crippen LogP contribution >= 0.6 is 15.9 Å². The Morgan fingerprint density at radius 3 is 2.84 bits per heavy atom. The molecule has 19 heavy (non-hydrogen) atoms. The lowest BCUT2D eigenvalue weighted by atomic mass is 10.1. The maximum Gasteiger partial charge on any atom is 0.116 e. The number of rotatable bonds is 2. The van der Waals surface area contributed by atoms with Crippen LogP contribution in [0, 0.1) is 0 Å². The highest BCUT2D eigenvalue weighted by Gasteiger charge is 2.16. The van der Waals surface area contributed by atoms with Gasteiger partial charge in [-0.05, 0) is 12.1 Å². The Balaban J connectivity index is 2.01. The van der Waals surface area contributed by atoms with Gasteiger partial charge in [0, 0.05) is 36.2 Å². The Kier molecular flexibility index (Phi) is 3.75. The maximum atomic E-state index is 4.47. The zero-order valence-corrected chi connectivity index (χ0v) is 12.1. The molecule has 0 saturated carbocycles. The van der Waals surface area contributed by atoms with Crippen molar-refractivity contribution in [1.29, 1.82) is 0 Å². The number of hydrogen-bond acceptors (Lipinski definition) is 4. The second-order valence-electron chi connectivity index (χ2n) is 4.50. The zero-order chi connectivity index (χ0) is 13.1. The Morgan fingerprint density at radius 1 is 1.21 bits per heavy atom. The summed E-state index contributed by atoms with van der Waals surface area (Å²) in [5.74, 6) is 0. The van der Waals surface area contributed by atoms with Crippen LogP contribution in [0.25, 0.3) is 11.3 Å². The van der Waals surface area contributed by atoms with Crippen molar-refractivity contribution in [2.45, 2.75) is 0 Å². The van der Waals surface area contributed by atoms with Crippen molar-refractivity contribution < 1.29 is 0 Å². The molecule has 1 N–H and O–H groups in total. The average Bonchev–Trinajstić information content (AvgIpc) is 2.48. The first kappa shape index (κ1) is 12.6. The lowest BCUT2D eigenvalue weighted by Crippen LogP contribution is -2.43. The number of benzene rings is 1. The molecule has 3 rings (SSSR count). The van der Waals surface area contributed by atoms with Crippen LogP contribution in [0.15, 0.2) is 41.3 Å². The van der Waals surface area contributed by atoms with Gasteiger partial charge >= 0.3 is 0 Å². The lowest BCUT2D eigenvalue weighted by molar-refractivity contribution is 0.588. The predicted molar refractivity (Wildman–Crippen MR) is 80.3 cm³/mol. The van der Waals surface area contributed by atoms with E-state index in [0.29, 0.717) is 0 Å². The van der Waals surface area contributed by atoms with E-state index in [1.807, 2.05) is 18.3 Å². The molecule has 0 aliphatic carbocycles. The van der Waals surface area contributed by atoms with Gasteiger partial charge in [-0.1, -0.05) is 28.1 Å². The van der Waals surface area contributed by atoms with Gasteiger partial charge in [-0.25, -0.2) is 9.97 Å². The van der Waals surface area contributed by atoms with Gasteiger partial charge in [-0.3, -0.25) is 0 Å². The van der Waals surface area contributed by atoms with E-state index in [9.17, 15) is 0 Å². The van der Waals surface area contributed by atoms with Crippen molar-refractivity contribution in [2.24, 2.45) is 0 Å². The Labute approximate surface area is 121 Å². The van der Waals surface area contributed by atoms with Gasteiger partial charge in [0.15, 0.2) is 0 Å². The maximum absolute atomic E-state index is 4.47. The van der Waals surface area contributed by atoms with Crippen LogP contribution in [0.5, 0.6) is 0 Å². The molecule has 0 radical (unpaired) electrons. The van der Waals surface area contributed by atoms with E-state index < -0.39 is 0 Å². The minimum absolute atomic E-state index is 0.994. The fourth-order valence-corrected chi connectivity index (χ4v) is 2.72. The molecule has 1 aromatic heterocycles. The average molecular weight is 319 g/mol. The molecule has 4 nitrogen and oxygen atoms in total. The number of hydrogen-bond donors (Lipinski definition) is 1. The van der Waals surface area contributed by atoms with Gasteiger partial charge in [-0.2, -0.15) is 0 Å². The smallest absolute Gasteiger partial charge is 0.116 e. The van der Waals surface area contributed by atoms with Crippen LogP contribution < -0.4 is 10.2 Å². The van der Waals surface area contributed by atoms with E-state index in [1.165, 1.54) is 0 Å². The number of aromatic nitrogens is 2. The molecule has 0 atom stereocenters. The van der Waals surface area contributed by atoms with Gasteiger partial charge < -0.3 is 10.2 Å². The fourth-order valence-electron chi connectivity index (χ4n) is 2.32. The van der Waals surface area contributed by atoms with Gasteiger partial charge in [0.1, 0.15) is 6.33 Å². The van der Waals surface area contributed by atoms with Crippen LogP contribution in [-0.4, -0.2) is 36.1 Å². The summed E-state index contributed by atoms with van der Waals surface area (Å²) in [6.07, 6.45) is 3.52. The third-order valence-electron chi connectivity index (χ3n) is 3.25. The molecule has 98 valence electrons. The quantitative estimate of drug-likeness (QED) is 0.922. The minimum atomic E-state index is 0.994. The first-order valence-corrected chi connectivity index (χ1v) is 7.15. The molecule has 0 amide bonds. The summed E-state index contributed by atoms with van der Waals surface area (Å²) < 4.78 is 1.06. The number of nitrogens with one attached hydrogen (secondary N) is 1. The fraction of sp³-hybridized carbons (Fsp3) is 0.286. The Bertz CT molecular complexity index is 567. The number of halogens is 1. The molecule has 1 aromatic carbocycles. The van der Waals surface area contributed by atoms with E-state index in [-0.39, 0.29) is 0 Å². The van der Waals surface area contributed by atoms with Gasteiger partial charge in [-0.15, -0.1) is 0 Å². The summed E-state index contributed by atoms with van der Waals surface area (Å²) in [7, 11) is 0. The summed E-state index contributed by atoms with van der Waals surface area (Å²) in [6, 6.07) is 8.23. The first-order valence-electron chi connectivity index (χ1n) is 6.36. The highest BCUT2D eigenvalue weighted by atomic mass is 79.9. The van der Waals surface area contributed by atoms with E-state index >= 15 is 0 Å². The molecule has 2 aromatic rings. The number of nitrogens with zero attached hydrogens (tertiary/aromatic N) is 3. The van der Waals surface area contributed by atoms with Crippen molar-refractivity contribution in [1.82, 2.24) is 15.3 Å². The van der Waals surface area contributed by atoms with Crippen LogP contribution in [0.4, 0.5) is 5.69 Å². The predicted octanol–water partition coefficient (Wildman–Crippen LogP) is 2.32. The van der Waals surface area contributed by atoms with Gasteiger partial charge in [0.25, 0.3) is 0 Å². The highest BCUT2D eigenvalue weighted by molar-refractivity contribution is 9.10. The molecule has 1 aliphatic rings. The minimum Gasteiger partial charge on any atom is -0.366 e. The number of piperazine rings is 1. The molecule has 5 heteroatoms. The van der Waals surface area contributed by atoms with Crippen LogP contribution in [0.2, 0.25) is 0 Å². The largest absolute Gasteiger partial charge is 0.366 e. The van der Waals surface area contributed by atoms with Crippen molar-refractivity contribution in [2.75, 3.05) is 31.1 Å². The highest BCUT2D eigenvalue weighted by Crippen LogP contribution is 2.29. The molecule has 1 fully saturated rings. The summed E-state index contributed by atoms with van der Waals surface area (Å²) in [5, 5.41) is 3.36. The third-order valence-corrected chi connectivity index (χ3v) is 3.74. The van der Waals surface area contributed by atoms with E-state index in [0.717, 1.165) is 47.6 Å². The number of anilines is 1. The molecule has 0 unspecified atom stereocenters. The van der Waals surface area contributed by atoms with Crippen LogP contribution in [-0.2, 0) is 0 Å². The zero-order valence-electron chi connectivity index (χ0n) is 10.5. The Hall–Kier alpha value is -1.46. The second kappa shape index (κ2) is 5.67. The standard InChI is InChI=1S/C14H15BrN4/c15-12-3-1-2-11(8-12)14-13(9-17-10-18-14)19-6-4-16-5-7-19/h1-3,8-10,16H,4-7H2.